The molecule has 2 aliphatic rings. The van der Waals surface area contributed by atoms with Gasteiger partial charge in [0.2, 0.25) is 5.75 Å². The largest absolute Gasteiger partial charge is 0.502 e. The molecule has 2 fully saturated rings. The molecule has 0 radical (unpaired) electrons. The molecule has 3 rings (SSSR count). The van der Waals surface area contributed by atoms with Crippen LogP contribution in [0.4, 0.5) is 0 Å². The molecule has 5 heteroatoms. The summed E-state index contributed by atoms with van der Waals surface area (Å²) in [6.45, 7) is 5.97. The summed E-state index contributed by atoms with van der Waals surface area (Å²) < 4.78 is 10.6. The second-order valence-electron chi connectivity index (χ2n) is 7.62. The quantitative estimate of drug-likeness (QED) is 0.675. The van der Waals surface area contributed by atoms with E-state index >= 15 is 0 Å². The highest BCUT2D eigenvalue weighted by Gasteiger charge is 2.30. The van der Waals surface area contributed by atoms with Crippen molar-refractivity contribution < 1.29 is 24.4 Å². The van der Waals surface area contributed by atoms with Crippen LogP contribution in [0.1, 0.15) is 44.1 Å². The highest BCUT2D eigenvalue weighted by molar-refractivity contribution is 5.52. The lowest BCUT2D eigenvalue weighted by Crippen LogP contribution is -3.29. The molecule has 0 bridgehead atoms. The highest BCUT2D eigenvalue weighted by atomic mass is 16.5. The Kier molecular flexibility index (Phi) is 6.43. The molecule has 0 spiro atoms. The van der Waals surface area contributed by atoms with Crippen LogP contribution < -0.4 is 19.3 Å². The maximum Gasteiger partial charge on any atom is 0.200 e. The summed E-state index contributed by atoms with van der Waals surface area (Å²) in [5.41, 5.74) is 1.17. The number of quaternary nitrogens is 2. The van der Waals surface area contributed by atoms with Gasteiger partial charge >= 0.3 is 0 Å². The predicted octanol–water partition coefficient (Wildman–Crippen LogP) is 0.416. The fourth-order valence-corrected chi connectivity index (χ4v) is 4.54. The van der Waals surface area contributed by atoms with Gasteiger partial charge in [0.05, 0.1) is 20.3 Å². The van der Waals surface area contributed by atoms with Gasteiger partial charge < -0.3 is 24.4 Å². The standard InChI is InChI=1S/C20H32N2O3/c1-24-18-13-16(14-19(25-2)20(18)23)15-21-9-11-22(12-10-21)17-7-5-3-4-6-8-17/h13-14,17,23H,3-12,15H2,1-2H3/p+2. The summed E-state index contributed by atoms with van der Waals surface area (Å²) in [5.74, 6) is 1.08. The predicted molar refractivity (Wildman–Crippen MR) is 97.8 cm³/mol. The molecule has 3 N–H and O–H groups in total. The molecule has 5 nitrogen and oxygen atoms in total. The molecule has 1 aliphatic carbocycles. The third-order valence-corrected chi connectivity index (χ3v) is 6.03. The molecule has 0 atom stereocenters. The van der Waals surface area contributed by atoms with E-state index < -0.39 is 0 Å². The first-order chi connectivity index (χ1) is 12.2. The summed E-state index contributed by atoms with van der Waals surface area (Å²) in [4.78, 5) is 3.46. The van der Waals surface area contributed by atoms with Crippen LogP contribution in [0.2, 0.25) is 0 Å². The van der Waals surface area contributed by atoms with Gasteiger partial charge in [0.15, 0.2) is 11.5 Å². The van der Waals surface area contributed by atoms with E-state index in [0.29, 0.717) is 11.5 Å². The summed E-state index contributed by atoms with van der Waals surface area (Å²) in [5, 5.41) is 10.1. The summed E-state index contributed by atoms with van der Waals surface area (Å²) >= 11 is 0. The third-order valence-electron chi connectivity index (χ3n) is 6.03. The molecular formula is C20H34N2O3+2. The zero-order valence-electron chi connectivity index (χ0n) is 15.8. The van der Waals surface area contributed by atoms with E-state index in [1.807, 2.05) is 17.0 Å². The molecule has 1 saturated carbocycles. The fraction of sp³-hybridized carbons (Fsp3) is 0.700. The summed E-state index contributed by atoms with van der Waals surface area (Å²) in [6.07, 6.45) is 8.58. The maximum absolute atomic E-state index is 10.1. The van der Waals surface area contributed by atoms with E-state index in [0.717, 1.165) is 12.6 Å². The Labute approximate surface area is 151 Å². The van der Waals surface area contributed by atoms with Gasteiger partial charge in [-0.15, -0.1) is 0 Å². The SMILES string of the molecule is COc1cc(C[NH+]2CC[NH+](C3CCCCCC3)CC2)cc(OC)c1O. The number of piperazine rings is 1. The first kappa shape index (κ1) is 18.3. The number of phenolic OH excluding ortho intramolecular Hbond substituents is 1. The Morgan fingerprint density at radius 1 is 0.920 bits per heavy atom. The Bertz CT molecular complexity index is 523. The van der Waals surface area contributed by atoms with Crippen LogP contribution in [0, 0.1) is 0 Å². The van der Waals surface area contributed by atoms with E-state index in [-0.39, 0.29) is 5.75 Å². The van der Waals surface area contributed by atoms with Crippen LogP contribution in [0.3, 0.4) is 0 Å². The van der Waals surface area contributed by atoms with Crippen LogP contribution >= 0.6 is 0 Å². The Balaban J connectivity index is 1.57. The van der Waals surface area contributed by atoms with Crippen molar-refractivity contribution in [2.24, 2.45) is 0 Å². The number of phenols is 1. The summed E-state index contributed by atoms with van der Waals surface area (Å²) in [6, 6.07) is 4.78. The van der Waals surface area contributed by atoms with Gasteiger partial charge in [0.1, 0.15) is 32.7 Å². The van der Waals surface area contributed by atoms with Crippen molar-refractivity contribution in [3.05, 3.63) is 17.7 Å². The van der Waals surface area contributed by atoms with E-state index in [9.17, 15) is 5.11 Å². The van der Waals surface area contributed by atoms with E-state index in [4.69, 9.17) is 9.47 Å². The van der Waals surface area contributed by atoms with E-state index in [2.05, 4.69) is 0 Å². The molecule has 0 aromatic heterocycles. The number of methoxy groups -OCH3 is 2. The van der Waals surface area contributed by atoms with Crippen molar-refractivity contribution in [2.75, 3.05) is 40.4 Å². The van der Waals surface area contributed by atoms with Crippen molar-refractivity contribution in [1.82, 2.24) is 0 Å². The molecule has 1 aromatic rings. The van der Waals surface area contributed by atoms with Gasteiger partial charge in [-0.25, -0.2) is 0 Å². The van der Waals surface area contributed by atoms with Gasteiger partial charge in [-0.05, 0) is 37.8 Å². The molecule has 1 heterocycles. The number of rotatable bonds is 5. The second kappa shape index (κ2) is 8.77. The minimum Gasteiger partial charge on any atom is -0.502 e. The number of hydrogen-bond donors (Lipinski definition) is 3. The van der Waals surface area contributed by atoms with Crippen molar-refractivity contribution in [1.29, 1.82) is 0 Å². The molecule has 0 unspecified atom stereocenters. The van der Waals surface area contributed by atoms with Crippen molar-refractivity contribution in [2.45, 2.75) is 51.1 Å². The maximum atomic E-state index is 10.1. The van der Waals surface area contributed by atoms with Crippen molar-refractivity contribution >= 4 is 0 Å². The lowest BCUT2D eigenvalue weighted by molar-refractivity contribution is -1.03. The zero-order valence-corrected chi connectivity index (χ0v) is 15.8. The van der Waals surface area contributed by atoms with Gasteiger partial charge in [0.25, 0.3) is 0 Å². The molecule has 1 saturated heterocycles. The molecule has 1 aliphatic heterocycles. The lowest BCUT2D eigenvalue weighted by atomic mass is 10.1. The smallest absolute Gasteiger partial charge is 0.200 e. The van der Waals surface area contributed by atoms with Gasteiger partial charge in [-0.2, -0.15) is 0 Å². The Morgan fingerprint density at radius 3 is 2.00 bits per heavy atom. The normalized spacial score (nSPS) is 25.4. The first-order valence-electron chi connectivity index (χ1n) is 9.83. The van der Waals surface area contributed by atoms with E-state index in [1.54, 1.807) is 19.1 Å². The molecule has 0 amide bonds. The third kappa shape index (κ3) is 4.59. The van der Waals surface area contributed by atoms with Gasteiger partial charge in [-0.1, -0.05) is 12.8 Å². The lowest BCUT2D eigenvalue weighted by Gasteiger charge is -2.34. The topological polar surface area (TPSA) is 47.6 Å². The van der Waals surface area contributed by atoms with Crippen LogP contribution in [-0.4, -0.2) is 51.5 Å². The molecule has 140 valence electrons. The van der Waals surface area contributed by atoms with Gasteiger partial charge in [0, 0.05) is 5.56 Å². The second-order valence-corrected chi connectivity index (χ2v) is 7.62. The minimum absolute atomic E-state index is 0.0892. The van der Waals surface area contributed by atoms with Crippen LogP contribution in [0.25, 0.3) is 0 Å². The monoisotopic (exact) mass is 350 g/mol. The van der Waals surface area contributed by atoms with Crippen LogP contribution in [-0.2, 0) is 6.54 Å². The Hall–Kier alpha value is -1.46. The van der Waals surface area contributed by atoms with Crippen LogP contribution in [0.5, 0.6) is 17.2 Å². The molecule has 25 heavy (non-hydrogen) atoms. The van der Waals surface area contributed by atoms with Crippen molar-refractivity contribution in [3.8, 4) is 17.2 Å². The molecular weight excluding hydrogens is 316 g/mol. The number of benzene rings is 1. The van der Waals surface area contributed by atoms with E-state index in [1.165, 1.54) is 70.3 Å². The Morgan fingerprint density at radius 2 is 1.48 bits per heavy atom. The zero-order chi connectivity index (χ0) is 17.6. The number of hydrogen-bond acceptors (Lipinski definition) is 3. The highest BCUT2D eigenvalue weighted by Crippen LogP contribution is 2.36. The number of nitrogens with one attached hydrogen (secondary N) is 2. The fourth-order valence-electron chi connectivity index (χ4n) is 4.54. The minimum atomic E-state index is 0.0892. The average Bonchev–Trinajstić information content (AvgIpc) is 2.93. The first-order valence-corrected chi connectivity index (χ1v) is 9.83. The van der Waals surface area contributed by atoms with Gasteiger partial charge in [-0.3, -0.25) is 0 Å². The number of aromatic hydroxyl groups is 1. The average molecular weight is 351 g/mol. The molecule has 1 aromatic carbocycles. The van der Waals surface area contributed by atoms with Crippen LogP contribution in [0.15, 0.2) is 12.1 Å². The number of ether oxygens (including phenoxy) is 2. The van der Waals surface area contributed by atoms with Crippen molar-refractivity contribution in [3.63, 3.8) is 0 Å². The summed E-state index contributed by atoms with van der Waals surface area (Å²) in [7, 11) is 3.17.